The summed E-state index contributed by atoms with van der Waals surface area (Å²) in [7, 11) is -2.95. The summed E-state index contributed by atoms with van der Waals surface area (Å²) in [5.41, 5.74) is 0. The Kier molecular flexibility index (Phi) is 3.93. The van der Waals surface area contributed by atoms with E-state index in [9.17, 15) is 13.2 Å². The molecular formula is C11H19NO5S. The van der Waals surface area contributed by atoms with Crippen molar-refractivity contribution in [3.8, 4) is 0 Å². The van der Waals surface area contributed by atoms with Gasteiger partial charge in [0, 0.05) is 12.1 Å². The number of carboxylic acids is 1. The largest absolute Gasteiger partial charge is 0.481 e. The van der Waals surface area contributed by atoms with E-state index in [2.05, 4.69) is 0 Å². The van der Waals surface area contributed by atoms with Crippen LogP contribution in [0.15, 0.2) is 0 Å². The minimum Gasteiger partial charge on any atom is -0.481 e. The van der Waals surface area contributed by atoms with Gasteiger partial charge in [-0.3, -0.25) is 9.69 Å². The Morgan fingerprint density at radius 2 is 2.17 bits per heavy atom. The highest BCUT2D eigenvalue weighted by Crippen LogP contribution is 2.26. The van der Waals surface area contributed by atoms with Gasteiger partial charge in [-0.1, -0.05) is 6.92 Å². The molecule has 104 valence electrons. The predicted molar refractivity (Wildman–Crippen MR) is 65.2 cm³/mol. The monoisotopic (exact) mass is 277 g/mol. The molecule has 0 aromatic carbocycles. The zero-order chi connectivity index (χ0) is 13.3. The summed E-state index contributed by atoms with van der Waals surface area (Å²) in [5.74, 6) is -1.06. The first-order chi connectivity index (χ1) is 8.44. The summed E-state index contributed by atoms with van der Waals surface area (Å²) in [6.45, 7) is 3.18. The molecule has 0 bridgehead atoms. The Morgan fingerprint density at radius 3 is 2.67 bits per heavy atom. The number of nitrogens with zero attached hydrogens (tertiary/aromatic N) is 1. The van der Waals surface area contributed by atoms with E-state index in [1.54, 1.807) is 0 Å². The Balaban J connectivity index is 2.11. The maximum Gasteiger partial charge on any atom is 0.310 e. The lowest BCUT2D eigenvalue weighted by Crippen LogP contribution is -2.49. The Morgan fingerprint density at radius 1 is 1.44 bits per heavy atom. The number of carbonyl (C=O) groups is 1. The summed E-state index contributed by atoms with van der Waals surface area (Å²) >= 11 is 0. The van der Waals surface area contributed by atoms with E-state index in [0.717, 1.165) is 0 Å². The van der Waals surface area contributed by atoms with Gasteiger partial charge < -0.3 is 9.84 Å². The molecule has 18 heavy (non-hydrogen) atoms. The van der Waals surface area contributed by atoms with Crippen LogP contribution >= 0.6 is 0 Å². The third-order valence-electron chi connectivity index (χ3n) is 3.84. The molecule has 0 amide bonds. The number of carboxylic acid groups (broad SMARTS) is 1. The Bertz CT molecular complexity index is 421. The SMILES string of the molecule is CCN(C1CCS(=O)(=O)C1)C1COCC1C(=O)O. The topological polar surface area (TPSA) is 83.9 Å². The molecule has 3 atom stereocenters. The van der Waals surface area contributed by atoms with Crippen molar-refractivity contribution < 1.29 is 23.1 Å². The second kappa shape index (κ2) is 5.14. The normalized spacial score (nSPS) is 35.1. The van der Waals surface area contributed by atoms with Gasteiger partial charge in [0.2, 0.25) is 0 Å². The molecule has 2 aliphatic heterocycles. The minimum atomic E-state index is -2.95. The highest BCUT2D eigenvalue weighted by Gasteiger charge is 2.42. The first-order valence-corrected chi connectivity index (χ1v) is 8.03. The molecule has 1 N–H and O–H groups in total. The van der Waals surface area contributed by atoms with Gasteiger partial charge in [-0.25, -0.2) is 8.42 Å². The number of hydrogen-bond donors (Lipinski definition) is 1. The highest BCUT2D eigenvalue weighted by molar-refractivity contribution is 7.91. The molecule has 0 aromatic heterocycles. The van der Waals surface area contributed by atoms with E-state index in [-0.39, 0.29) is 30.2 Å². The molecule has 2 heterocycles. The van der Waals surface area contributed by atoms with Crippen LogP contribution in [0.3, 0.4) is 0 Å². The van der Waals surface area contributed by atoms with E-state index in [4.69, 9.17) is 9.84 Å². The lowest BCUT2D eigenvalue weighted by atomic mass is 10.0. The Labute approximate surface area is 107 Å². The second-order valence-electron chi connectivity index (χ2n) is 4.94. The molecule has 0 aromatic rings. The molecule has 2 aliphatic rings. The first-order valence-electron chi connectivity index (χ1n) is 6.21. The molecule has 3 unspecified atom stereocenters. The predicted octanol–water partition coefficient (Wildman–Crippen LogP) is -0.405. The molecule has 0 saturated carbocycles. The number of aliphatic carboxylic acids is 1. The van der Waals surface area contributed by atoms with Crippen molar-refractivity contribution in [2.75, 3.05) is 31.3 Å². The van der Waals surface area contributed by atoms with E-state index < -0.39 is 21.7 Å². The van der Waals surface area contributed by atoms with Crippen LogP contribution in [0.25, 0.3) is 0 Å². The number of ether oxygens (including phenoxy) is 1. The maximum atomic E-state index is 11.5. The lowest BCUT2D eigenvalue weighted by Gasteiger charge is -2.33. The summed E-state index contributed by atoms with van der Waals surface area (Å²) < 4.78 is 28.3. The summed E-state index contributed by atoms with van der Waals surface area (Å²) in [4.78, 5) is 13.1. The average molecular weight is 277 g/mol. The fraction of sp³-hybridized carbons (Fsp3) is 0.909. The Hall–Kier alpha value is -0.660. The van der Waals surface area contributed by atoms with Crippen molar-refractivity contribution in [2.24, 2.45) is 5.92 Å². The van der Waals surface area contributed by atoms with Crippen LogP contribution in [-0.2, 0) is 19.4 Å². The summed E-state index contributed by atoms with van der Waals surface area (Å²) in [5, 5.41) is 9.15. The smallest absolute Gasteiger partial charge is 0.310 e. The van der Waals surface area contributed by atoms with Gasteiger partial charge in [-0.2, -0.15) is 0 Å². The molecule has 2 fully saturated rings. The van der Waals surface area contributed by atoms with Crippen molar-refractivity contribution in [3.63, 3.8) is 0 Å². The fourth-order valence-electron chi connectivity index (χ4n) is 2.91. The summed E-state index contributed by atoms with van der Waals surface area (Å²) in [6, 6.07) is -0.264. The first kappa shape index (κ1) is 13.8. The van der Waals surface area contributed by atoms with Crippen LogP contribution in [0.2, 0.25) is 0 Å². The van der Waals surface area contributed by atoms with Crippen LogP contribution in [0.5, 0.6) is 0 Å². The number of rotatable bonds is 4. The van der Waals surface area contributed by atoms with Crippen molar-refractivity contribution >= 4 is 15.8 Å². The van der Waals surface area contributed by atoms with Crippen LogP contribution in [0.1, 0.15) is 13.3 Å². The minimum absolute atomic E-state index is 0.0615. The molecular weight excluding hydrogens is 258 g/mol. The summed E-state index contributed by atoms with van der Waals surface area (Å²) in [6.07, 6.45) is 0.596. The zero-order valence-electron chi connectivity index (χ0n) is 10.4. The molecule has 6 nitrogen and oxygen atoms in total. The van der Waals surface area contributed by atoms with Crippen molar-refractivity contribution in [2.45, 2.75) is 25.4 Å². The quantitative estimate of drug-likeness (QED) is 0.752. The van der Waals surface area contributed by atoms with Gasteiger partial charge in [0.1, 0.15) is 0 Å². The molecule has 7 heteroatoms. The van der Waals surface area contributed by atoms with Gasteiger partial charge >= 0.3 is 5.97 Å². The molecule has 2 rings (SSSR count). The van der Waals surface area contributed by atoms with Gasteiger partial charge in [0.15, 0.2) is 9.84 Å². The van der Waals surface area contributed by atoms with E-state index in [1.807, 2.05) is 11.8 Å². The average Bonchev–Trinajstić information content (AvgIpc) is 2.87. The number of hydrogen-bond acceptors (Lipinski definition) is 5. The van der Waals surface area contributed by atoms with Crippen molar-refractivity contribution in [3.05, 3.63) is 0 Å². The van der Waals surface area contributed by atoms with Crippen molar-refractivity contribution in [1.29, 1.82) is 0 Å². The third-order valence-corrected chi connectivity index (χ3v) is 5.59. The fourth-order valence-corrected chi connectivity index (χ4v) is 4.65. The van der Waals surface area contributed by atoms with Gasteiger partial charge in [0.05, 0.1) is 30.6 Å². The molecule has 0 radical (unpaired) electrons. The molecule has 0 aliphatic carbocycles. The molecule has 2 saturated heterocycles. The second-order valence-corrected chi connectivity index (χ2v) is 7.17. The molecule has 0 spiro atoms. The maximum absolute atomic E-state index is 11.5. The van der Waals surface area contributed by atoms with E-state index in [0.29, 0.717) is 19.6 Å². The van der Waals surface area contributed by atoms with E-state index >= 15 is 0 Å². The van der Waals surface area contributed by atoms with Crippen LogP contribution in [0.4, 0.5) is 0 Å². The van der Waals surface area contributed by atoms with Crippen LogP contribution < -0.4 is 0 Å². The van der Waals surface area contributed by atoms with Gasteiger partial charge in [0.25, 0.3) is 0 Å². The van der Waals surface area contributed by atoms with Crippen LogP contribution in [0, 0.1) is 5.92 Å². The standard InChI is InChI=1S/C11H19NO5S/c1-2-12(8-3-4-18(15,16)7-8)10-6-17-5-9(10)11(13)14/h8-10H,2-7H2,1H3,(H,13,14). The third kappa shape index (κ3) is 2.67. The number of sulfone groups is 1. The van der Waals surface area contributed by atoms with E-state index in [1.165, 1.54) is 0 Å². The zero-order valence-corrected chi connectivity index (χ0v) is 11.2. The van der Waals surface area contributed by atoms with Crippen molar-refractivity contribution in [1.82, 2.24) is 4.90 Å². The number of likely N-dealkylation sites (N-methyl/N-ethyl adjacent to an activating group) is 1. The van der Waals surface area contributed by atoms with Crippen LogP contribution in [-0.4, -0.2) is 67.7 Å². The lowest BCUT2D eigenvalue weighted by molar-refractivity contribution is -0.143. The highest BCUT2D eigenvalue weighted by atomic mass is 32.2. The van der Waals surface area contributed by atoms with Gasteiger partial charge in [-0.05, 0) is 13.0 Å². The van der Waals surface area contributed by atoms with Gasteiger partial charge in [-0.15, -0.1) is 0 Å².